The largest absolute Gasteiger partial charge is 0.322 e. The molecule has 2 amide bonds. The number of amides is 2. The number of rotatable bonds is 9. The van der Waals surface area contributed by atoms with Crippen molar-refractivity contribution in [1.82, 2.24) is 19.4 Å². The van der Waals surface area contributed by atoms with Crippen molar-refractivity contribution in [3.8, 4) is 0 Å². The molecule has 1 aliphatic heterocycles. The molecule has 3 aliphatic rings. The van der Waals surface area contributed by atoms with E-state index in [0.29, 0.717) is 43.3 Å². The molecule has 9 heteroatoms. The van der Waals surface area contributed by atoms with Gasteiger partial charge in [-0.25, -0.2) is 13.2 Å². The first-order valence-electron chi connectivity index (χ1n) is 13.5. The van der Waals surface area contributed by atoms with Crippen LogP contribution in [0.15, 0.2) is 22.6 Å². The number of thioether (sulfide) groups is 1. The normalized spacial score (nSPS) is 25.9. The molecule has 7 nitrogen and oxygen atoms in total. The fourth-order valence-electron chi connectivity index (χ4n) is 5.63. The third-order valence-electron chi connectivity index (χ3n) is 7.87. The van der Waals surface area contributed by atoms with E-state index in [1.54, 1.807) is 11.2 Å². The summed E-state index contributed by atoms with van der Waals surface area (Å²) >= 11 is 1.52. The first-order chi connectivity index (χ1) is 16.7. The lowest BCUT2D eigenvalue weighted by Gasteiger charge is -2.42. The quantitative estimate of drug-likeness (QED) is 0.458. The Morgan fingerprint density at radius 1 is 1.03 bits per heavy atom. The van der Waals surface area contributed by atoms with Crippen molar-refractivity contribution in [2.75, 3.05) is 38.5 Å². The standard InChI is InChI=1S/C26H46N4O3S2/c1-5-25(20-28-16-18-29(19-17-28)35(32,33)6-2)34-22(4)27-26(31)30(23-10-8-7-9-11-23)24-14-12-21(3)13-15-24/h5,21,23-24H,4,6-20H2,1-3H3,(H,27,31)/b25-5-. The second kappa shape index (κ2) is 13.5. The molecule has 0 spiro atoms. The zero-order valence-corrected chi connectivity index (χ0v) is 23.6. The fourth-order valence-corrected chi connectivity index (χ4v) is 7.53. The van der Waals surface area contributed by atoms with Crippen molar-refractivity contribution in [2.24, 2.45) is 5.92 Å². The second-order valence-electron chi connectivity index (χ2n) is 10.4. The average Bonchev–Trinajstić information content (AvgIpc) is 2.86. The molecule has 1 saturated heterocycles. The van der Waals surface area contributed by atoms with Crippen LogP contribution in [0.25, 0.3) is 0 Å². The molecule has 0 unspecified atom stereocenters. The van der Waals surface area contributed by atoms with E-state index in [-0.39, 0.29) is 11.8 Å². The smallest absolute Gasteiger partial charge is 0.319 e. The van der Waals surface area contributed by atoms with Crippen molar-refractivity contribution in [2.45, 2.75) is 90.6 Å². The van der Waals surface area contributed by atoms with E-state index in [0.717, 1.165) is 43.1 Å². The Labute approximate surface area is 217 Å². The zero-order valence-electron chi connectivity index (χ0n) is 22.0. The Balaban J connectivity index is 1.53. The molecular formula is C26H46N4O3S2. The van der Waals surface area contributed by atoms with Gasteiger partial charge in [0.1, 0.15) is 0 Å². The predicted molar refractivity (Wildman–Crippen MR) is 147 cm³/mol. The molecule has 0 atom stereocenters. The highest BCUT2D eigenvalue weighted by atomic mass is 32.2. The van der Waals surface area contributed by atoms with Gasteiger partial charge in [-0.1, -0.05) is 50.6 Å². The summed E-state index contributed by atoms with van der Waals surface area (Å²) < 4.78 is 25.8. The van der Waals surface area contributed by atoms with E-state index in [2.05, 4.69) is 34.7 Å². The van der Waals surface area contributed by atoms with Crippen LogP contribution < -0.4 is 5.32 Å². The molecule has 0 bridgehead atoms. The van der Waals surface area contributed by atoms with Crippen LogP contribution in [-0.2, 0) is 10.0 Å². The number of sulfonamides is 1. The first-order valence-corrected chi connectivity index (χ1v) is 16.0. The molecule has 2 saturated carbocycles. The van der Waals surface area contributed by atoms with Crippen molar-refractivity contribution in [3.05, 3.63) is 22.6 Å². The van der Waals surface area contributed by atoms with Crippen molar-refractivity contribution in [1.29, 1.82) is 0 Å². The molecular weight excluding hydrogens is 480 g/mol. The van der Waals surface area contributed by atoms with Crippen LogP contribution >= 0.6 is 11.8 Å². The minimum absolute atomic E-state index is 0.0165. The number of allylic oxidation sites excluding steroid dienone is 1. The number of nitrogens with one attached hydrogen (secondary N) is 1. The maximum Gasteiger partial charge on any atom is 0.322 e. The van der Waals surface area contributed by atoms with Crippen LogP contribution in [0.4, 0.5) is 4.79 Å². The van der Waals surface area contributed by atoms with Crippen LogP contribution in [0.3, 0.4) is 0 Å². The predicted octanol–water partition coefficient (Wildman–Crippen LogP) is 4.98. The Morgan fingerprint density at radius 3 is 2.20 bits per heavy atom. The number of carbonyl (C=O) groups is 1. The van der Waals surface area contributed by atoms with E-state index in [4.69, 9.17) is 0 Å². The summed E-state index contributed by atoms with van der Waals surface area (Å²) in [6, 6.07) is 0.698. The monoisotopic (exact) mass is 526 g/mol. The van der Waals surface area contributed by atoms with E-state index in [9.17, 15) is 13.2 Å². The van der Waals surface area contributed by atoms with Gasteiger partial charge >= 0.3 is 6.03 Å². The summed E-state index contributed by atoms with van der Waals surface area (Å²) in [7, 11) is -3.12. The molecule has 0 radical (unpaired) electrons. The van der Waals surface area contributed by atoms with Gasteiger partial charge in [0.15, 0.2) is 0 Å². The maximum atomic E-state index is 13.5. The summed E-state index contributed by atoms with van der Waals surface area (Å²) in [4.78, 5) is 19.1. The van der Waals surface area contributed by atoms with E-state index in [1.165, 1.54) is 43.9 Å². The molecule has 0 aromatic heterocycles. The Kier molecular flexibility index (Phi) is 11.0. The van der Waals surface area contributed by atoms with Gasteiger partial charge < -0.3 is 10.2 Å². The van der Waals surface area contributed by atoms with E-state index in [1.807, 2.05) is 6.92 Å². The van der Waals surface area contributed by atoms with Crippen LogP contribution in [-0.4, -0.2) is 79.1 Å². The summed E-state index contributed by atoms with van der Waals surface area (Å²) in [5.41, 5.74) is 0. The molecule has 200 valence electrons. The van der Waals surface area contributed by atoms with Crippen LogP contribution in [0.1, 0.15) is 78.6 Å². The van der Waals surface area contributed by atoms with Crippen LogP contribution in [0.5, 0.6) is 0 Å². The Hall–Kier alpha value is -1.03. The Bertz CT molecular complexity index is 839. The van der Waals surface area contributed by atoms with Gasteiger partial charge in [-0.3, -0.25) is 4.90 Å². The summed E-state index contributed by atoms with van der Waals surface area (Å²) in [5, 5.41) is 3.80. The van der Waals surface area contributed by atoms with Gasteiger partial charge in [-0.05, 0) is 58.3 Å². The number of urea groups is 1. The lowest BCUT2D eigenvalue weighted by atomic mass is 9.84. The highest BCUT2D eigenvalue weighted by molar-refractivity contribution is 8.06. The zero-order chi connectivity index (χ0) is 25.4. The van der Waals surface area contributed by atoms with E-state index < -0.39 is 10.0 Å². The summed E-state index contributed by atoms with van der Waals surface area (Å²) in [6.07, 6.45) is 12.6. The number of hydrogen-bond acceptors (Lipinski definition) is 5. The average molecular weight is 527 g/mol. The van der Waals surface area contributed by atoms with Crippen LogP contribution in [0.2, 0.25) is 0 Å². The van der Waals surface area contributed by atoms with Crippen LogP contribution in [0, 0.1) is 5.92 Å². The van der Waals surface area contributed by atoms with Gasteiger partial charge in [-0.2, -0.15) is 4.31 Å². The molecule has 2 aliphatic carbocycles. The topological polar surface area (TPSA) is 73.0 Å². The molecule has 3 rings (SSSR count). The van der Waals surface area contributed by atoms with Gasteiger partial charge in [-0.15, -0.1) is 0 Å². The maximum absolute atomic E-state index is 13.5. The van der Waals surface area contributed by atoms with Gasteiger partial charge in [0.25, 0.3) is 0 Å². The second-order valence-corrected chi connectivity index (χ2v) is 13.9. The minimum Gasteiger partial charge on any atom is -0.319 e. The lowest BCUT2D eigenvalue weighted by Crippen LogP contribution is -2.52. The Morgan fingerprint density at radius 2 is 1.63 bits per heavy atom. The highest BCUT2D eigenvalue weighted by Crippen LogP contribution is 2.33. The highest BCUT2D eigenvalue weighted by Gasteiger charge is 2.34. The molecule has 0 aromatic carbocycles. The van der Waals surface area contributed by atoms with Gasteiger partial charge in [0.05, 0.1) is 10.8 Å². The molecule has 1 N–H and O–H groups in total. The molecule has 3 fully saturated rings. The van der Waals surface area contributed by atoms with Crippen molar-refractivity contribution >= 4 is 27.8 Å². The minimum atomic E-state index is -3.12. The van der Waals surface area contributed by atoms with Gasteiger partial charge in [0.2, 0.25) is 10.0 Å². The van der Waals surface area contributed by atoms with Crippen molar-refractivity contribution < 1.29 is 13.2 Å². The molecule has 1 heterocycles. The SMILES string of the molecule is C=C(NC(=O)N(C1CCCCC1)C1CCC(C)CC1)S/C(=C\C)CN1CCN(S(=O)(=O)CC)CC1. The fraction of sp³-hybridized carbons (Fsp3) is 0.808. The number of piperazine rings is 1. The lowest BCUT2D eigenvalue weighted by molar-refractivity contribution is 0.0988. The molecule has 0 aromatic rings. The van der Waals surface area contributed by atoms with E-state index >= 15 is 0 Å². The molecule has 35 heavy (non-hydrogen) atoms. The first kappa shape index (κ1) is 28.5. The number of hydrogen-bond donors (Lipinski definition) is 1. The summed E-state index contributed by atoms with van der Waals surface area (Å²) in [5.74, 6) is 0.912. The summed E-state index contributed by atoms with van der Waals surface area (Å²) in [6.45, 7) is 13.4. The van der Waals surface area contributed by atoms with Gasteiger partial charge in [0, 0.05) is 49.7 Å². The number of nitrogens with zero attached hydrogens (tertiary/aromatic N) is 3. The van der Waals surface area contributed by atoms with Crippen molar-refractivity contribution in [3.63, 3.8) is 0 Å². The number of carbonyl (C=O) groups excluding carboxylic acids is 1. The third kappa shape index (κ3) is 8.23. The third-order valence-corrected chi connectivity index (χ3v) is 10.7.